The third-order valence-electron chi connectivity index (χ3n) is 3.96. The van der Waals surface area contributed by atoms with Crippen LogP contribution in [0.5, 0.6) is 5.75 Å². The fourth-order valence-corrected chi connectivity index (χ4v) is 2.11. The first-order valence-corrected chi connectivity index (χ1v) is 7.98. The zero-order valence-electron chi connectivity index (χ0n) is 14.3. The molecule has 1 N–H and O–H groups in total. The summed E-state index contributed by atoms with van der Waals surface area (Å²) in [5.41, 5.74) is 1.72. The molecule has 0 heterocycles. The number of nitrogens with one attached hydrogen (secondary N) is 1. The molecule has 24 heavy (non-hydrogen) atoms. The number of carbonyl (C=O) groups excluding carboxylic acids is 1. The van der Waals surface area contributed by atoms with Crippen molar-refractivity contribution >= 4 is 5.91 Å². The van der Waals surface area contributed by atoms with Crippen LogP contribution >= 0.6 is 0 Å². The highest BCUT2D eigenvalue weighted by atomic mass is 16.5. The van der Waals surface area contributed by atoms with Gasteiger partial charge in [-0.15, -0.1) is 0 Å². The fourth-order valence-electron chi connectivity index (χ4n) is 2.11. The molecule has 2 aromatic carbocycles. The minimum Gasteiger partial charge on any atom is -0.489 e. The second-order valence-corrected chi connectivity index (χ2v) is 6.28. The standard InChI is InChI=1S/C20H22N2O2/c1-4-20(2,3)22-19(23)15-10-7-11-18(12-15)24-14-17-9-6-5-8-16(17)13-21/h5-12H,4,14H2,1-3H3,(H,22,23). The Morgan fingerprint density at radius 1 is 1.21 bits per heavy atom. The van der Waals surface area contributed by atoms with Crippen LogP contribution in [-0.2, 0) is 6.61 Å². The Kier molecular flexibility index (Phi) is 5.59. The summed E-state index contributed by atoms with van der Waals surface area (Å²) >= 11 is 0. The lowest BCUT2D eigenvalue weighted by Crippen LogP contribution is -2.42. The zero-order chi connectivity index (χ0) is 17.6. The number of hydrogen-bond donors (Lipinski definition) is 1. The molecule has 2 rings (SSSR count). The highest BCUT2D eigenvalue weighted by Crippen LogP contribution is 2.18. The summed E-state index contributed by atoms with van der Waals surface area (Å²) in [6, 6.07) is 16.5. The average molecular weight is 322 g/mol. The predicted molar refractivity (Wildman–Crippen MR) is 93.8 cm³/mol. The van der Waals surface area contributed by atoms with E-state index in [-0.39, 0.29) is 18.1 Å². The molecule has 0 fully saturated rings. The highest BCUT2D eigenvalue weighted by molar-refractivity contribution is 5.95. The normalized spacial score (nSPS) is 10.8. The summed E-state index contributed by atoms with van der Waals surface area (Å²) < 4.78 is 5.75. The van der Waals surface area contributed by atoms with Crippen LogP contribution in [0.15, 0.2) is 48.5 Å². The number of carbonyl (C=O) groups is 1. The van der Waals surface area contributed by atoms with Crippen LogP contribution in [0.3, 0.4) is 0 Å². The third kappa shape index (κ3) is 4.60. The Morgan fingerprint density at radius 2 is 1.96 bits per heavy atom. The highest BCUT2D eigenvalue weighted by Gasteiger charge is 2.19. The van der Waals surface area contributed by atoms with Crippen molar-refractivity contribution in [3.8, 4) is 11.8 Å². The summed E-state index contributed by atoms with van der Waals surface area (Å²) in [6.07, 6.45) is 0.847. The van der Waals surface area contributed by atoms with Gasteiger partial charge in [-0.2, -0.15) is 5.26 Å². The molecule has 0 spiro atoms. The number of nitriles is 1. The van der Waals surface area contributed by atoms with Crippen molar-refractivity contribution < 1.29 is 9.53 Å². The van der Waals surface area contributed by atoms with Gasteiger partial charge in [-0.3, -0.25) is 4.79 Å². The van der Waals surface area contributed by atoms with Gasteiger partial charge in [0.2, 0.25) is 0 Å². The van der Waals surface area contributed by atoms with E-state index in [0.29, 0.717) is 16.9 Å². The van der Waals surface area contributed by atoms with Crippen molar-refractivity contribution in [2.75, 3.05) is 0 Å². The molecule has 1 amide bonds. The molecule has 0 saturated carbocycles. The van der Waals surface area contributed by atoms with Gasteiger partial charge >= 0.3 is 0 Å². The van der Waals surface area contributed by atoms with E-state index in [2.05, 4.69) is 11.4 Å². The van der Waals surface area contributed by atoms with Crippen LogP contribution < -0.4 is 10.1 Å². The molecular formula is C20H22N2O2. The van der Waals surface area contributed by atoms with Gasteiger partial charge in [-0.1, -0.05) is 31.2 Å². The van der Waals surface area contributed by atoms with E-state index in [9.17, 15) is 4.79 Å². The molecular weight excluding hydrogens is 300 g/mol. The largest absolute Gasteiger partial charge is 0.489 e. The molecule has 2 aromatic rings. The van der Waals surface area contributed by atoms with Gasteiger partial charge in [-0.05, 0) is 44.5 Å². The van der Waals surface area contributed by atoms with Gasteiger partial charge in [0.25, 0.3) is 5.91 Å². The number of nitrogens with zero attached hydrogens (tertiary/aromatic N) is 1. The molecule has 0 saturated heterocycles. The van der Waals surface area contributed by atoms with E-state index in [1.807, 2.05) is 39.0 Å². The van der Waals surface area contributed by atoms with Crippen molar-refractivity contribution in [3.63, 3.8) is 0 Å². The van der Waals surface area contributed by atoms with Crippen molar-refractivity contribution in [1.82, 2.24) is 5.32 Å². The van der Waals surface area contributed by atoms with E-state index in [0.717, 1.165) is 12.0 Å². The first kappa shape index (κ1) is 17.6. The lowest BCUT2D eigenvalue weighted by Gasteiger charge is -2.24. The molecule has 124 valence electrons. The topological polar surface area (TPSA) is 62.1 Å². The van der Waals surface area contributed by atoms with Crippen molar-refractivity contribution in [1.29, 1.82) is 5.26 Å². The minimum absolute atomic E-state index is 0.121. The van der Waals surface area contributed by atoms with Crippen molar-refractivity contribution in [2.24, 2.45) is 0 Å². The van der Waals surface area contributed by atoms with Gasteiger partial charge in [0.05, 0.1) is 11.6 Å². The van der Waals surface area contributed by atoms with Gasteiger partial charge < -0.3 is 10.1 Å². The summed E-state index contributed by atoms with van der Waals surface area (Å²) in [5, 5.41) is 12.1. The fraction of sp³-hybridized carbons (Fsp3) is 0.300. The molecule has 0 radical (unpaired) electrons. The number of ether oxygens (including phenoxy) is 1. The maximum absolute atomic E-state index is 12.3. The lowest BCUT2D eigenvalue weighted by molar-refractivity contribution is 0.0910. The predicted octanol–water partition coefficient (Wildman–Crippen LogP) is 4.06. The third-order valence-corrected chi connectivity index (χ3v) is 3.96. The average Bonchev–Trinajstić information content (AvgIpc) is 2.60. The van der Waals surface area contributed by atoms with Crippen LogP contribution in [0, 0.1) is 11.3 Å². The molecule has 0 aliphatic carbocycles. The maximum Gasteiger partial charge on any atom is 0.251 e. The van der Waals surface area contributed by atoms with Crippen LogP contribution in [-0.4, -0.2) is 11.4 Å². The molecule has 0 bridgehead atoms. The molecule has 0 aromatic heterocycles. The van der Waals surface area contributed by atoms with Gasteiger partial charge in [0.15, 0.2) is 0 Å². The van der Waals surface area contributed by atoms with Crippen molar-refractivity contribution in [2.45, 2.75) is 39.3 Å². The smallest absolute Gasteiger partial charge is 0.251 e. The summed E-state index contributed by atoms with van der Waals surface area (Å²) in [5.74, 6) is 0.481. The van der Waals surface area contributed by atoms with E-state index in [1.165, 1.54) is 0 Å². The Balaban J connectivity index is 2.08. The van der Waals surface area contributed by atoms with Crippen LogP contribution in [0.1, 0.15) is 48.7 Å². The molecule has 0 aliphatic rings. The Hall–Kier alpha value is -2.80. The van der Waals surface area contributed by atoms with Crippen LogP contribution in [0.4, 0.5) is 0 Å². The zero-order valence-corrected chi connectivity index (χ0v) is 14.3. The number of hydrogen-bond acceptors (Lipinski definition) is 3. The number of amides is 1. The Bertz CT molecular complexity index is 760. The Labute approximate surface area is 143 Å². The monoisotopic (exact) mass is 322 g/mol. The van der Waals surface area contributed by atoms with E-state index in [4.69, 9.17) is 10.00 Å². The van der Waals surface area contributed by atoms with E-state index >= 15 is 0 Å². The summed E-state index contributed by atoms with van der Waals surface area (Å²) in [4.78, 5) is 12.3. The second-order valence-electron chi connectivity index (χ2n) is 6.28. The van der Waals surface area contributed by atoms with E-state index < -0.39 is 0 Å². The molecule has 4 nitrogen and oxygen atoms in total. The molecule has 0 unspecified atom stereocenters. The van der Waals surface area contributed by atoms with Gasteiger partial charge in [-0.25, -0.2) is 0 Å². The quantitative estimate of drug-likeness (QED) is 0.872. The minimum atomic E-state index is -0.250. The van der Waals surface area contributed by atoms with Gasteiger partial charge in [0.1, 0.15) is 12.4 Å². The van der Waals surface area contributed by atoms with Crippen LogP contribution in [0.25, 0.3) is 0 Å². The maximum atomic E-state index is 12.3. The number of rotatable bonds is 6. The molecule has 0 atom stereocenters. The summed E-state index contributed by atoms with van der Waals surface area (Å²) in [7, 11) is 0. The molecule has 4 heteroatoms. The molecule has 0 aliphatic heterocycles. The SMILES string of the molecule is CCC(C)(C)NC(=O)c1cccc(OCc2ccccc2C#N)c1. The van der Waals surface area contributed by atoms with Crippen LogP contribution in [0.2, 0.25) is 0 Å². The van der Waals surface area contributed by atoms with Crippen molar-refractivity contribution in [3.05, 3.63) is 65.2 Å². The first-order chi connectivity index (χ1) is 11.4. The number of benzene rings is 2. The van der Waals surface area contributed by atoms with E-state index in [1.54, 1.807) is 30.3 Å². The Morgan fingerprint density at radius 3 is 2.67 bits per heavy atom. The first-order valence-electron chi connectivity index (χ1n) is 7.98. The summed E-state index contributed by atoms with van der Waals surface area (Å²) in [6.45, 7) is 6.30. The lowest BCUT2D eigenvalue weighted by atomic mass is 10.0. The second kappa shape index (κ2) is 7.65. The van der Waals surface area contributed by atoms with Gasteiger partial charge in [0, 0.05) is 16.7 Å².